The van der Waals surface area contributed by atoms with Gasteiger partial charge in [0.2, 0.25) is 5.91 Å². The van der Waals surface area contributed by atoms with Gasteiger partial charge in [-0.3, -0.25) is 9.69 Å². The quantitative estimate of drug-likeness (QED) is 0.663. The van der Waals surface area contributed by atoms with Crippen molar-refractivity contribution in [1.82, 2.24) is 15.2 Å². The molecular weight excluding hydrogens is 308 g/mol. The second kappa shape index (κ2) is 10.2. The van der Waals surface area contributed by atoms with E-state index in [2.05, 4.69) is 15.2 Å². The zero-order valence-electron chi connectivity index (χ0n) is 14.7. The fraction of sp³-hybridized carbons (Fsp3) is 0.647. The maximum absolute atomic E-state index is 11.9. The molecule has 2 rings (SSSR count). The average molecular weight is 336 g/mol. The van der Waals surface area contributed by atoms with Gasteiger partial charge in [0.15, 0.2) is 0 Å². The largest absolute Gasteiger partial charge is 0.385 e. The van der Waals surface area contributed by atoms with Crippen molar-refractivity contribution in [3.8, 4) is 0 Å². The molecule has 7 nitrogen and oxygen atoms in total. The van der Waals surface area contributed by atoms with Crippen LogP contribution in [0.3, 0.4) is 0 Å². The number of anilines is 1. The Balaban J connectivity index is 1.70. The van der Waals surface area contributed by atoms with Crippen LogP contribution in [0.1, 0.15) is 12.0 Å². The first-order valence-electron chi connectivity index (χ1n) is 8.41. The zero-order chi connectivity index (χ0) is 17.2. The van der Waals surface area contributed by atoms with Crippen LogP contribution in [0.4, 0.5) is 5.82 Å². The highest BCUT2D eigenvalue weighted by atomic mass is 16.5. The highest BCUT2D eigenvalue weighted by Crippen LogP contribution is 2.12. The Labute approximate surface area is 143 Å². The average Bonchev–Trinajstić information content (AvgIpc) is 2.61. The number of amides is 1. The molecule has 1 fully saturated rings. The van der Waals surface area contributed by atoms with E-state index < -0.39 is 0 Å². The van der Waals surface area contributed by atoms with Gasteiger partial charge in [-0.15, -0.1) is 0 Å². The van der Waals surface area contributed by atoms with E-state index in [0.717, 1.165) is 50.7 Å². The van der Waals surface area contributed by atoms with Crippen LogP contribution < -0.4 is 10.2 Å². The molecular formula is C17H28N4O3. The monoisotopic (exact) mass is 336 g/mol. The maximum Gasteiger partial charge on any atom is 0.234 e. The third-order valence-electron chi connectivity index (χ3n) is 3.94. The number of likely N-dealkylation sites (N-methyl/N-ethyl adjacent to an activating group) is 1. The Morgan fingerprint density at radius 3 is 2.88 bits per heavy atom. The molecule has 7 heteroatoms. The molecule has 1 N–H and O–H groups in total. The van der Waals surface area contributed by atoms with Crippen molar-refractivity contribution in [2.75, 3.05) is 65.1 Å². The Kier molecular flexibility index (Phi) is 7.94. The summed E-state index contributed by atoms with van der Waals surface area (Å²) in [6, 6.07) is 4.02. The number of carbonyl (C=O) groups excluding carboxylic acids is 1. The van der Waals surface area contributed by atoms with Crippen LogP contribution in [-0.4, -0.2) is 75.9 Å². The predicted octanol–water partition coefficient (Wildman–Crippen LogP) is 0.503. The van der Waals surface area contributed by atoms with E-state index in [-0.39, 0.29) is 5.91 Å². The molecule has 0 unspecified atom stereocenters. The van der Waals surface area contributed by atoms with Gasteiger partial charge in [-0.1, -0.05) is 6.07 Å². The second-order valence-corrected chi connectivity index (χ2v) is 5.98. The molecule has 2 heterocycles. The van der Waals surface area contributed by atoms with Crippen LogP contribution in [0.2, 0.25) is 0 Å². The normalized spacial score (nSPS) is 14.9. The number of nitrogens with one attached hydrogen (secondary N) is 1. The summed E-state index contributed by atoms with van der Waals surface area (Å²) in [4.78, 5) is 20.6. The highest BCUT2D eigenvalue weighted by Gasteiger charge is 2.12. The smallest absolute Gasteiger partial charge is 0.234 e. The maximum atomic E-state index is 11.9. The van der Waals surface area contributed by atoms with Crippen molar-refractivity contribution in [2.45, 2.75) is 13.0 Å². The number of aromatic nitrogens is 1. The van der Waals surface area contributed by atoms with E-state index in [1.807, 2.05) is 30.3 Å². The van der Waals surface area contributed by atoms with E-state index in [1.165, 1.54) is 0 Å². The molecule has 0 spiro atoms. The van der Waals surface area contributed by atoms with Gasteiger partial charge < -0.3 is 19.7 Å². The number of ether oxygens (including phenoxy) is 2. The summed E-state index contributed by atoms with van der Waals surface area (Å²) in [6.45, 7) is 5.69. The molecule has 134 valence electrons. The van der Waals surface area contributed by atoms with Gasteiger partial charge in [0.05, 0.1) is 19.8 Å². The van der Waals surface area contributed by atoms with Crippen LogP contribution in [0, 0.1) is 0 Å². The molecule has 1 aliphatic heterocycles. The highest BCUT2D eigenvalue weighted by molar-refractivity contribution is 5.77. The summed E-state index contributed by atoms with van der Waals surface area (Å²) in [6.07, 6.45) is 2.75. The lowest BCUT2D eigenvalue weighted by molar-refractivity contribution is -0.122. The number of morpholine rings is 1. The minimum Gasteiger partial charge on any atom is -0.385 e. The van der Waals surface area contributed by atoms with Gasteiger partial charge in [-0.25, -0.2) is 4.98 Å². The van der Waals surface area contributed by atoms with Crippen molar-refractivity contribution in [3.05, 3.63) is 23.9 Å². The van der Waals surface area contributed by atoms with Crippen molar-refractivity contribution < 1.29 is 14.3 Å². The summed E-state index contributed by atoms with van der Waals surface area (Å²) in [5.41, 5.74) is 1.00. The topological polar surface area (TPSA) is 66.9 Å². The molecule has 0 radical (unpaired) electrons. The van der Waals surface area contributed by atoms with Crippen molar-refractivity contribution in [2.24, 2.45) is 0 Å². The molecule has 1 aliphatic rings. The van der Waals surface area contributed by atoms with Crippen LogP contribution in [0.25, 0.3) is 0 Å². The van der Waals surface area contributed by atoms with E-state index in [1.54, 1.807) is 7.11 Å². The fourth-order valence-electron chi connectivity index (χ4n) is 2.56. The van der Waals surface area contributed by atoms with E-state index in [9.17, 15) is 4.79 Å². The third-order valence-corrected chi connectivity index (χ3v) is 3.94. The minimum atomic E-state index is 0.0205. The van der Waals surface area contributed by atoms with Crippen molar-refractivity contribution in [1.29, 1.82) is 0 Å². The van der Waals surface area contributed by atoms with Gasteiger partial charge in [-0.05, 0) is 25.1 Å². The number of nitrogens with zero attached hydrogens (tertiary/aromatic N) is 3. The van der Waals surface area contributed by atoms with E-state index >= 15 is 0 Å². The summed E-state index contributed by atoms with van der Waals surface area (Å²) >= 11 is 0. The molecule has 0 aliphatic carbocycles. The zero-order valence-corrected chi connectivity index (χ0v) is 14.7. The Morgan fingerprint density at radius 1 is 1.42 bits per heavy atom. The lowest BCUT2D eigenvalue weighted by atomic mass is 10.2. The van der Waals surface area contributed by atoms with E-state index in [4.69, 9.17) is 9.47 Å². The molecule has 0 saturated carbocycles. The number of pyridine rings is 1. The van der Waals surface area contributed by atoms with Gasteiger partial charge in [-0.2, -0.15) is 0 Å². The van der Waals surface area contributed by atoms with Crippen molar-refractivity contribution in [3.63, 3.8) is 0 Å². The first-order valence-corrected chi connectivity index (χ1v) is 8.41. The number of methoxy groups -OCH3 is 1. The number of rotatable bonds is 9. The van der Waals surface area contributed by atoms with Crippen molar-refractivity contribution >= 4 is 11.7 Å². The molecule has 0 atom stereocenters. The Hall–Kier alpha value is -1.70. The van der Waals surface area contributed by atoms with Gasteiger partial charge in [0.1, 0.15) is 5.82 Å². The summed E-state index contributed by atoms with van der Waals surface area (Å²) in [5.74, 6) is 0.985. The third kappa shape index (κ3) is 6.43. The minimum absolute atomic E-state index is 0.0205. The van der Waals surface area contributed by atoms with Crippen LogP contribution in [-0.2, 0) is 20.8 Å². The number of carbonyl (C=O) groups is 1. The Morgan fingerprint density at radius 2 is 2.21 bits per heavy atom. The lowest BCUT2D eigenvalue weighted by Crippen LogP contribution is -2.37. The van der Waals surface area contributed by atoms with Gasteiger partial charge >= 0.3 is 0 Å². The first kappa shape index (κ1) is 18.6. The lowest BCUT2D eigenvalue weighted by Gasteiger charge is -2.27. The second-order valence-electron chi connectivity index (χ2n) is 5.98. The molecule has 24 heavy (non-hydrogen) atoms. The molecule has 1 aromatic rings. The van der Waals surface area contributed by atoms with E-state index in [0.29, 0.717) is 19.7 Å². The standard InChI is InChI=1S/C17H28N4O3/c1-20(6-3-9-23-2)14-17(22)19-13-15-4-5-16(18-12-15)21-7-10-24-11-8-21/h4-5,12H,3,6-11,13-14H2,1-2H3,(H,19,22). The molecule has 1 aromatic heterocycles. The van der Waals surface area contributed by atoms with Crippen LogP contribution in [0.15, 0.2) is 18.3 Å². The van der Waals surface area contributed by atoms with Crippen LogP contribution >= 0.6 is 0 Å². The number of hydrogen-bond acceptors (Lipinski definition) is 6. The number of hydrogen-bond donors (Lipinski definition) is 1. The molecule has 1 saturated heterocycles. The predicted molar refractivity (Wildman–Crippen MR) is 93.1 cm³/mol. The van der Waals surface area contributed by atoms with Gasteiger partial charge in [0, 0.05) is 46.1 Å². The Bertz CT molecular complexity index is 489. The molecule has 0 aromatic carbocycles. The van der Waals surface area contributed by atoms with Gasteiger partial charge in [0.25, 0.3) is 0 Å². The SMILES string of the molecule is COCCCN(C)CC(=O)NCc1ccc(N2CCOCC2)nc1. The van der Waals surface area contributed by atoms with Crippen LogP contribution in [0.5, 0.6) is 0 Å². The summed E-state index contributed by atoms with van der Waals surface area (Å²) in [5, 5.41) is 2.93. The molecule has 0 bridgehead atoms. The summed E-state index contributed by atoms with van der Waals surface area (Å²) < 4.78 is 10.4. The first-order chi connectivity index (χ1) is 11.7. The molecule has 1 amide bonds. The fourth-order valence-corrected chi connectivity index (χ4v) is 2.56. The summed E-state index contributed by atoms with van der Waals surface area (Å²) in [7, 11) is 3.62.